The van der Waals surface area contributed by atoms with Crippen LogP contribution in [0, 0.1) is 5.92 Å². The maximum atomic E-state index is 12.0. The smallest absolute Gasteiger partial charge is 0.249 e. The summed E-state index contributed by atoms with van der Waals surface area (Å²) in [5.74, 6) is -0.274. The summed E-state index contributed by atoms with van der Waals surface area (Å²) < 4.78 is 5.43. The molecule has 0 spiro atoms. The summed E-state index contributed by atoms with van der Waals surface area (Å²) >= 11 is 0. The number of hydrogen-bond acceptors (Lipinski definition) is 5. The molecule has 0 saturated carbocycles. The molecule has 2 aliphatic rings. The number of rotatable bonds is 3. The number of hydrogen-bond donors (Lipinski definition) is 3. The molecule has 19 heavy (non-hydrogen) atoms. The second-order valence-electron chi connectivity index (χ2n) is 4.91. The molecule has 0 saturated heterocycles. The van der Waals surface area contributed by atoms with Crippen LogP contribution < -0.4 is 10.6 Å². The van der Waals surface area contributed by atoms with Crippen molar-refractivity contribution >= 4 is 17.7 Å². The molecule has 2 aliphatic heterocycles. The number of aliphatic hydroxyl groups is 1. The van der Waals surface area contributed by atoms with Gasteiger partial charge in [-0.3, -0.25) is 9.59 Å². The molecule has 0 radical (unpaired) electrons. The van der Waals surface area contributed by atoms with E-state index in [0.717, 1.165) is 6.42 Å². The number of aliphatic hydroxyl groups excluding tert-OH is 1. The molecule has 4 atom stereocenters. The van der Waals surface area contributed by atoms with Crippen LogP contribution in [0.5, 0.6) is 0 Å². The molecule has 2 heterocycles. The molecular formula is C12H19N3O4. The third-order valence-corrected chi connectivity index (χ3v) is 3.57. The molecule has 0 fully saturated rings. The van der Waals surface area contributed by atoms with Crippen LogP contribution in [0.2, 0.25) is 0 Å². The highest BCUT2D eigenvalue weighted by molar-refractivity contribution is 5.97. The van der Waals surface area contributed by atoms with E-state index in [-0.39, 0.29) is 18.6 Å². The van der Waals surface area contributed by atoms with Gasteiger partial charge in [-0.25, -0.2) is 4.99 Å². The van der Waals surface area contributed by atoms with Crippen LogP contribution in [0.3, 0.4) is 0 Å². The van der Waals surface area contributed by atoms with Crippen molar-refractivity contribution in [1.29, 1.82) is 0 Å². The molecule has 106 valence electrons. The van der Waals surface area contributed by atoms with E-state index in [2.05, 4.69) is 15.6 Å². The Morgan fingerprint density at radius 3 is 2.79 bits per heavy atom. The summed E-state index contributed by atoms with van der Waals surface area (Å²) in [6.45, 7) is 3.73. The molecule has 0 aromatic heterocycles. The minimum Gasteiger partial charge on any atom is -0.477 e. The first kappa shape index (κ1) is 13.8. The van der Waals surface area contributed by atoms with Gasteiger partial charge in [-0.2, -0.15) is 0 Å². The van der Waals surface area contributed by atoms with Crippen LogP contribution in [-0.4, -0.2) is 54.2 Å². The predicted octanol–water partition coefficient (Wildman–Crippen LogP) is -1.19. The van der Waals surface area contributed by atoms with Crippen LogP contribution in [0.1, 0.15) is 20.3 Å². The lowest BCUT2D eigenvalue weighted by Gasteiger charge is -2.26. The van der Waals surface area contributed by atoms with Crippen molar-refractivity contribution in [3.05, 3.63) is 0 Å². The summed E-state index contributed by atoms with van der Waals surface area (Å²) in [4.78, 5) is 28.1. The molecule has 0 aromatic rings. The zero-order valence-electron chi connectivity index (χ0n) is 11.0. The van der Waals surface area contributed by atoms with Crippen molar-refractivity contribution in [2.24, 2.45) is 10.9 Å². The third-order valence-electron chi connectivity index (χ3n) is 3.57. The van der Waals surface area contributed by atoms with Crippen molar-refractivity contribution in [2.75, 3.05) is 13.2 Å². The second kappa shape index (κ2) is 5.56. The van der Waals surface area contributed by atoms with Gasteiger partial charge in [-0.05, 0) is 5.92 Å². The highest BCUT2D eigenvalue weighted by atomic mass is 16.5. The average Bonchev–Trinajstić information content (AvgIpc) is 2.90. The first-order valence-electron chi connectivity index (χ1n) is 6.48. The average molecular weight is 269 g/mol. The Kier molecular flexibility index (Phi) is 4.04. The van der Waals surface area contributed by atoms with Gasteiger partial charge in [-0.15, -0.1) is 0 Å². The third kappa shape index (κ3) is 2.70. The maximum absolute atomic E-state index is 12.0. The van der Waals surface area contributed by atoms with Crippen molar-refractivity contribution < 1.29 is 19.4 Å². The Bertz CT molecular complexity index is 410. The highest BCUT2D eigenvalue weighted by Crippen LogP contribution is 2.17. The van der Waals surface area contributed by atoms with Gasteiger partial charge >= 0.3 is 0 Å². The van der Waals surface area contributed by atoms with E-state index in [1.54, 1.807) is 0 Å². The molecular weight excluding hydrogens is 250 g/mol. The van der Waals surface area contributed by atoms with E-state index in [0.29, 0.717) is 5.90 Å². The summed E-state index contributed by atoms with van der Waals surface area (Å²) in [5.41, 5.74) is 0. The summed E-state index contributed by atoms with van der Waals surface area (Å²) in [6.07, 6.45) is 0.836. The molecule has 4 unspecified atom stereocenters. The summed E-state index contributed by atoms with van der Waals surface area (Å²) in [5, 5.41) is 14.5. The Morgan fingerprint density at radius 1 is 1.42 bits per heavy atom. The van der Waals surface area contributed by atoms with Crippen molar-refractivity contribution in [3.63, 3.8) is 0 Å². The van der Waals surface area contributed by atoms with Gasteiger partial charge in [0.2, 0.25) is 17.7 Å². The normalized spacial score (nSPS) is 32.2. The standard InChI is InChI=1S/C12H19N3O4/c1-3-6(2)9-12-14-8(5-19-12)11(18)13-7(4-16)10(17)15-9/h6-9,16H,3-5H2,1-2H3,(H,13,18)(H,15,17). The van der Waals surface area contributed by atoms with Crippen LogP contribution >= 0.6 is 0 Å². The maximum Gasteiger partial charge on any atom is 0.249 e. The van der Waals surface area contributed by atoms with Crippen LogP contribution in [-0.2, 0) is 14.3 Å². The zero-order valence-corrected chi connectivity index (χ0v) is 11.0. The fourth-order valence-electron chi connectivity index (χ4n) is 2.10. The summed E-state index contributed by atoms with van der Waals surface area (Å²) in [7, 11) is 0. The van der Waals surface area contributed by atoms with Gasteiger partial charge in [0, 0.05) is 0 Å². The second-order valence-corrected chi connectivity index (χ2v) is 4.91. The van der Waals surface area contributed by atoms with E-state index in [4.69, 9.17) is 4.74 Å². The van der Waals surface area contributed by atoms with E-state index >= 15 is 0 Å². The summed E-state index contributed by atoms with van der Waals surface area (Å²) in [6, 6.07) is -1.93. The first-order chi connectivity index (χ1) is 9.06. The van der Waals surface area contributed by atoms with Crippen molar-refractivity contribution in [3.8, 4) is 0 Å². The Hall–Kier alpha value is -1.63. The predicted molar refractivity (Wildman–Crippen MR) is 67.6 cm³/mol. The molecule has 0 aromatic carbocycles. The Balaban J connectivity index is 2.29. The van der Waals surface area contributed by atoms with E-state index in [1.807, 2.05) is 13.8 Å². The topological polar surface area (TPSA) is 100 Å². The fraction of sp³-hybridized carbons (Fsp3) is 0.750. The van der Waals surface area contributed by atoms with E-state index in [9.17, 15) is 14.7 Å². The monoisotopic (exact) mass is 269 g/mol. The molecule has 2 bridgehead atoms. The van der Waals surface area contributed by atoms with Gasteiger partial charge in [0.15, 0.2) is 6.04 Å². The largest absolute Gasteiger partial charge is 0.477 e. The Morgan fingerprint density at radius 2 is 2.16 bits per heavy atom. The minimum absolute atomic E-state index is 0.133. The SMILES string of the molecule is CCC(C)C1NC(=O)C(CO)NC(=O)C2COC1=N2. The molecule has 3 N–H and O–H groups in total. The first-order valence-corrected chi connectivity index (χ1v) is 6.48. The van der Waals surface area contributed by atoms with Crippen LogP contribution in [0.15, 0.2) is 4.99 Å². The number of amides is 2. The minimum atomic E-state index is -0.936. The lowest BCUT2D eigenvalue weighted by Crippen LogP contribution is -2.55. The van der Waals surface area contributed by atoms with Crippen LogP contribution in [0.25, 0.3) is 0 Å². The van der Waals surface area contributed by atoms with Gasteiger partial charge in [-0.1, -0.05) is 20.3 Å². The molecule has 0 aliphatic carbocycles. The molecule has 7 heteroatoms. The highest BCUT2D eigenvalue weighted by Gasteiger charge is 2.37. The van der Waals surface area contributed by atoms with Gasteiger partial charge in [0.1, 0.15) is 18.7 Å². The lowest BCUT2D eigenvalue weighted by molar-refractivity contribution is -0.131. The van der Waals surface area contributed by atoms with Gasteiger partial charge in [0.05, 0.1) is 6.61 Å². The van der Waals surface area contributed by atoms with Crippen LogP contribution in [0.4, 0.5) is 0 Å². The number of carbonyl (C=O) groups excluding carboxylic acids is 2. The fourth-order valence-corrected chi connectivity index (χ4v) is 2.10. The number of aliphatic imine (C=N–C) groups is 1. The number of nitrogens with one attached hydrogen (secondary N) is 2. The zero-order chi connectivity index (χ0) is 14.0. The van der Waals surface area contributed by atoms with E-state index < -0.39 is 30.5 Å². The molecule has 2 amide bonds. The van der Waals surface area contributed by atoms with Gasteiger partial charge < -0.3 is 20.5 Å². The number of ether oxygens (including phenoxy) is 1. The lowest BCUT2D eigenvalue weighted by atomic mass is 9.98. The van der Waals surface area contributed by atoms with E-state index in [1.165, 1.54) is 0 Å². The van der Waals surface area contributed by atoms with Gasteiger partial charge in [0.25, 0.3) is 0 Å². The quantitative estimate of drug-likeness (QED) is 0.599. The number of nitrogens with zero attached hydrogens (tertiary/aromatic N) is 1. The Labute approximate surface area is 111 Å². The van der Waals surface area contributed by atoms with Crippen molar-refractivity contribution in [1.82, 2.24) is 10.6 Å². The number of fused-ring (bicyclic) bond motifs is 1. The molecule has 7 nitrogen and oxygen atoms in total. The number of carbonyl (C=O) groups is 2. The molecule has 2 rings (SSSR count). The van der Waals surface area contributed by atoms with Crippen molar-refractivity contribution in [2.45, 2.75) is 38.4 Å².